The number of hydrogen-bond donors (Lipinski definition) is 1. The number of amides is 1. The molecule has 0 spiro atoms. The van der Waals surface area contributed by atoms with E-state index in [1.54, 1.807) is 12.1 Å². The zero-order valence-corrected chi connectivity index (χ0v) is 14.2. The third-order valence-electron chi connectivity index (χ3n) is 3.67. The molecular weight excluding hydrogens is 384 g/mol. The van der Waals surface area contributed by atoms with Crippen LogP contribution in [0.5, 0.6) is 0 Å². The molecule has 0 bridgehead atoms. The Morgan fingerprint density at radius 3 is 2.35 bits per heavy atom. The number of hydrogen-bond acceptors (Lipinski definition) is 2. The monoisotopic (exact) mass is 398 g/mol. The van der Waals surface area contributed by atoms with E-state index in [-0.39, 0.29) is 17.9 Å². The van der Waals surface area contributed by atoms with E-state index in [1.165, 1.54) is 6.42 Å². The predicted molar refractivity (Wildman–Crippen MR) is 85.3 cm³/mol. The molecule has 0 saturated heterocycles. The van der Waals surface area contributed by atoms with E-state index in [9.17, 15) is 10.1 Å². The maximum Gasteiger partial charge on any atom is 0.252 e. The van der Waals surface area contributed by atoms with Crippen LogP contribution < -0.4 is 5.32 Å². The number of carbonyl (C=O) groups is 1. The molecule has 1 saturated carbocycles. The van der Waals surface area contributed by atoms with Gasteiger partial charge < -0.3 is 5.32 Å². The zero-order valence-electron chi connectivity index (χ0n) is 11.0. The van der Waals surface area contributed by atoms with Crippen molar-refractivity contribution in [1.29, 1.82) is 5.26 Å². The van der Waals surface area contributed by atoms with Gasteiger partial charge in [-0.15, -0.1) is 0 Å². The van der Waals surface area contributed by atoms with Crippen LogP contribution in [0.1, 0.15) is 42.5 Å². The van der Waals surface area contributed by atoms with Crippen LogP contribution in [0.25, 0.3) is 0 Å². The molecule has 5 heteroatoms. The van der Waals surface area contributed by atoms with Crippen LogP contribution in [0.15, 0.2) is 27.1 Å². The van der Waals surface area contributed by atoms with Crippen LogP contribution in [-0.2, 0) is 0 Å². The fourth-order valence-corrected chi connectivity index (χ4v) is 3.93. The van der Waals surface area contributed by atoms with Crippen molar-refractivity contribution in [1.82, 2.24) is 5.32 Å². The number of nitrogens with zero attached hydrogens (tertiary/aromatic N) is 1. The molecule has 106 valence electrons. The molecule has 2 rings (SSSR count). The van der Waals surface area contributed by atoms with Gasteiger partial charge in [-0.1, -0.05) is 51.1 Å². The van der Waals surface area contributed by atoms with Crippen LogP contribution in [0.3, 0.4) is 0 Å². The first-order valence-electron chi connectivity index (χ1n) is 6.76. The Hall–Kier alpha value is -0.860. The molecule has 0 aromatic heterocycles. The average molecular weight is 400 g/mol. The third-order valence-corrected chi connectivity index (χ3v) is 4.59. The Kier molecular flexibility index (Phi) is 5.62. The first kappa shape index (κ1) is 15.5. The van der Waals surface area contributed by atoms with Gasteiger partial charge in [0, 0.05) is 14.5 Å². The Morgan fingerprint density at radius 2 is 1.80 bits per heavy atom. The summed E-state index contributed by atoms with van der Waals surface area (Å²) in [5.41, 5.74) is 0.558. The number of nitriles is 1. The molecule has 0 heterocycles. The molecule has 1 atom stereocenters. The second kappa shape index (κ2) is 7.24. The number of halogens is 2. The zero-order chi connectivity index (χ0) is 14.5. The first-order chi connectivity index (χ1) is 9.60. The standard InChI is InChI=1S/C15H16Br2N2O/c16-12-6-11(7-13(17)8-12)15(20)19-14(9-18)10-4-2-1-3-5-10/h6-8,10,14H,1-5H2,(H,19,20). The molecule has 1 fully saturated rings. The maximum atomic E-state index is 12.3. The van der Waals surface area contributed by atoms with Crippen molar-refractivity contribution in [2.24, 2.45) is 5.92 Å². The molecule has 1 aliphatic rings. The molecule has 1 aromatic rings. The Morgan fingerprint density at radius 1 is 1.20 bits per heavy atom. The fraction of sp³-hybridized carbons (Fsp3) is 0.467. The van der Waals surface area contributed by atoms with Gasteiger partial charge in [-0.2, -0.15) is 5.26 Å². The number of nitrogens with one attached hydrogen (secondary N) is 1. The lowest BCUT2D eigenvalue weighted by atomic mass is 9.84. The highest BCUT2D eigenvalue weighted by Crippen LogP contribution is 2.27. The topological polar surface area (TPSA) is 52.9 Å². The number of rotatable bonds is 3. The first-order valence-corrected chi connectivity index (χ1v) is 8.35. The van der Waals surface area contributed by atoms with Crippen LogP contribution in [0.4, 0.5) is 0 Å². The summed E-state index contributed by atoms with van der Waals surface area (Å²) >= 11 is 6.73. The minimum absolute atomic E-state index is 0.191. The molecule has 20 heavy (non-hydrogen) atoms. The van der Waals surface area contributed by atoms with Crippen molar-refractivity contribution in [2.75, 3.05) is 0 Å². The third kappa shape index (κ3) is 4.07. The summed E-state index contributed by atoms with van der Waals surface area (Å²) in [5, 5.41) is 12.2. The predicted octanol–water partition coefficient (Wildman–Crippen LogP) is 4.41. The second-order valence-corrected chi connectivity index (χ2v) is 6.97. The van der Waals surface area contributed by atoms with Crippen molar-refractivity contribution in [3.05, 3.63) is 32.7 Å². The minimum atomic E-state index is -0.388. The Balaban J connectivity index is 2.07. The summed E-state index contributed by atoms with van der Waals surface area (Å²) in [6.45, 7) is 0. The van der Waals surface area contributed by atoms with Gasteiger partial charge >= 0.3 is 0 Å². The molecule has 3 nitrogen and oxygen atoms in total. The van der Waals surface area contributed by atoms with Crippen LogP contribution in [0, 0.1) is 17.2 Å². The molecule has 1 amide bonds. The van der Waals surface area contributed by atoms with Crippen LogP contribution in [0.2, 0.25) is 0 Å². The van der Waals surface area contributed by atoms with E-state index >= 15 is 0 Å². The van der Waals surface area contributed by atoms with Gasteiger partial charge in [0.25, 0.3) is 5.91 Å². The summed E-state index contributed by atoms with van der Waals surface area (Å²) in [7, 11) is 0. The van der Waals surface area contributed by atoms with Crippen molar-refractivity contribution in [2.45, 2.75) is 38.1 Å². The van der Waals surface area contributed by atoms with Crippen LogP contribution >= 0.6 is 31.9 Å². The van der Waals surface area contributed by atoms with E-state index in [0.29, 0.717) is 5.56 Å². The van der Waals surface area contributed by atoms with Gasteiger partial charge in [0.05, 0.1) is 6.07 Å². The highest BCUT2D eigenvalue weighted by molar-refractivity contribution is 9.11. The highest BCUT2D eigenvalue weighted by Gasteiger charge is 2.25. The molecule has 1 aromatic carbocycles. The normalized spacial score (nSPS) is 17.2. The quantitative estimate of drug-likeness (QED) is 0.817. The maximum absolute atomic E-state index is 12.3. The summed E-state index contributed by atoms with van der Waals surface area (Å²) < 4.78 is 1.67. The van der Waals surface area contributed by atoms with Gasteiger partial charge in [-0.25, -0.2) is 0 Å². The lowest BCUT2D eigenvalue weighted by Gasteiger charge is -2.26. The van der Waals surface area contributed by atoms with Gasteiger partial charge in [0.1, 0.15) is 6.04 Å². The Labute approximate surface area is 136 Å². The summed E-state index contributed by atoms with van der Waals surface area (Å²) in [5.74, 6) is 0.0948. The highest BCUT2D eigenvalue weighted by atomic mass is 79.9. The molecule has 0 radical (unpaired) electrons. The van der Waals surface area contributed by atoms with Gasteiger partial charge in [0.2, 0.25) is 0 Å². The van der Waals surface area contributed by atoms with E-state index in [2.05, 4.69) is 43.2 Å². The Bertz CT molecular complexity index is 513. The summed E-state index contributed by atoms with van der Waals surface area (Å²) in [4.78, 5) is 12.3. The van der Waals surface area contributed by atoms with E-state index in [0.717, 1.165) is 34.6 Å². The lowest BCUT2D eigenvalue weighted by molar-refractivity contribution is 0.0929. The SMILES string of the molecule is N#CC(NC(=O)c1cc(Br)cc(Br)c1)C1CCCCC1. The van der Waals surface area contributed by atoms with E-state index < -0.39 is 0 Å². The molecule has 1 aliphatic carbocycles. The second-order valence-electron chi connectivity index (χ2n) is 5.14. The molecule has 1 N–H and O–H groups in total. The van der Waals surface area contributed by atoms with E-state index in [4.69, 9.17) is 0 Å². The minimum Gasteiger partial charge on any atom is -0.336 e. The van der Waals surface area contributed by atoms with Gasteiger partial charge in [0.15, 0.2) is 0 Å². The van der Waals surface area contributed by atoms with Gasteiger partial charge in [-0.3, -0.25) is 4.79 Å². The lowest BCUT2D eigenvalue weighted by Crippen LogP contribution is -2.40. The summed E-state index contributed by atoms with van der Waals surface area (Å²) in [6.07, 6.45) is 5.60. The van der Waals surface area contributed by atoms with Crippen molar-refractivity contribution >= 4 is 37.8 Å². The van der Waals surface area contributed by atoms with Gasteiger partial charge in [-0.05, 0) is 37.0 Å². The molecule has 0 aliphatic heterocycles. The average Bonchev–Trinajstić information content (AvgIpc) is 2.44. The molecule has 1 unspecified atom stereocenters. The smallest absolute Gasteiger partial charge is 0.252 e. The summed E-state index contributed by atoms with van der Waals surface area (Å²) in [6, 6.07) is 7.25. The van der Waals surface area contributed by atoms with Crippen molar-refractivity contribution in [3.8, 4) is 6.07 Å². The van der Waals surface area contributed by atoms with Crippen LogP contribution in [-0.4, -0.2) is 11.9 Å². The molecular formula is C15H16Br2N2O. The largest absolute Gasteiger partial charge is 0.336 e. The van der Waals surface area contributed by atoms with E-state index in [1.807, 2.05) is 6.07 Å². The number of carbonyl (C=O) groups excluding carboxylic acids is 1. The van der Waals surface area contributed by atoms with Crippen molar-refractivity contribution < 1.29 is 4.79 Å². The van der Waals surface area contributed by atoms with Crippen molar-refractivity contribution in [3.63, 3.8) is 0 Å². The number of benzene rings is 1. The fourth-order valence-electron chi connectivity index (χ4n) is 2.63.